The Morgan fingerprint density at radius 2 is 1.43 bits per heavy atom. The minimum absolute atomic E-state index is 0.0347. The van der Waals surface area contributed by atoms with Crippen LogP contribution in [0.3, 0.4) is 0 Å². The predicted molar refractivity (Wildman–Crippen MR) is 232 cm³/mol. The van der Waals surface area contributed by atoms with Crippen LogP contribution in [0.25, 0.3) is 0 Å². The SMILES string of the molecule is CCCS(=O)(=O)Nc1cccc(C(=O)N[C@@H](CC(C)C)[C@H](C[C@@H](C)C(=O)N[C@@H](C)C(=O)NCc2ccc(C(=O)OCc3ccccc3)cc2)O[Si](C)(C)C(C)(C)C)c1. The molecule has 0 spiro atoms. The fraction of sp³-hybridized carbons (Fsp3) is 0.500. The van der Waals surface area contributed by atoms with E-state index in [4.69, 9.17) is 9.16 Å². The molecule has 0 heterocycles. The van der Waals surface area contributed by atoms with E-state index in [-0.39, 0.29) is 54.0 Å². The number of amides is 3. The van der Waals surface area contributed by atoms with Crippen molar-refractivity contribution in [1.82, 2.24) is 16.0 Å². The second-order valence-corrected chi connectivity index (χ2v) is 23.6. The largest absolute Gasteiger partial charge is 0.457 e. The number of esters is 1. The molecule has 0 unspecified atom stereocenters. The van der Waals surface area contributed by atoms with Gasteiger partial charge in [-0.05, 0) is 91.7 Å². The van der Waals surface area contributed by atoms with Crippen molar-refractivity contribution in [3.63, 3.8) is 0 Å². The van der Waals surface area contributed by atoms with Crippen molar-refractivity contribution in [1.29, 1.82) is 0 Å². The molecule has 58 heavy (non-hydrogen) atoms. The Bertz CT molecular complexity index is 1930. The van der Waals surface area contributed by atoms with Crippen LogP contribution in [0, 0.1) is 11.8 Å². The van der Waals surface area contributed by atoms with Gasteiger partial charge in [-0.2, -0.15) is 0 Å². The molecule has 0 aliphatic heterocycles. The van der Waals surface area contributed by atoms with Gasteiger partial charge < -0.3 is 25.1 Å². The van der Waals surface area contributed by atoms with Gasteiger partial charge in [-0.25, -0.2) is 13.2 Å². The van der Waals surface area contributed by atoms with E-state index in [1.165, 1.54) is 6.07 Å². The molecule has 0 fully saturated rings. The summed E-state index contributed by atoms with van der Waals surface area (Å²) in [4.78, 5) is 53.0. The number of benzene rings is 3. The smallest absolute Gasteiger partial charge is 0.338 e. The highest BCUT2D eigenvalue weighted by Crippen LogP contribution is 2.39. The Morgan fingerprint density at radius 3 is 2.03 bits per heavy atom. The van der Waals surface area contributed by atoms with Crippen LogP contribution >= 0.6 is 0 Å². The lowest BCUT2D eigenvalue weighted by Gasteiger charge is -2.42. The molecule has 14 heteroatoms. The summed E-state index contributed by atoms with van der Waals surface area (Å²) in [6.07, 6.45) is 0.762. The van der Waals surface area contributed by atoms with Crippen molar-refractivity contribution in [2.75, 3.05) is 10.5 Å². The third kappa shape index (κ3) is 15.3. The molecule has 4 N–H and O–H groups in total. The standard InChI is InChI=1S/C44H64N4O8SSi/c1-11-24-57(53,54)48-37-19-15-18-36(27-37)42(51)47-38(25-30(2)3)39(56-58(9,10)44(6,7)8)26-31(4)40(49)46-32(5)41(50)45-28-33-20-22-35(23-21-33)43(52)55-29-34-16-13-12-14-17-34/h12-23,27,30-32,38-39,48H,11,24-26,28-29H2,1-10H3,(H,45,50)(H,46,49)(H,47,51)/t31-,32+,38+,39+/m1/s1. The monoisotopic (exact) mass is 836 g/mol. The molecule has 0 aromatic heterocycles. The first-order chi connectivity index (χ1) is 27.1. The minimum Gasteiger partial charge on any atom is -0.457 e. The Hall–Kier alpha value is -4.53. The number of sulfonamides is 1. The molecule has 0 aliphatic rings. The summed E-state index contributed by atoms with van der Waals surface area (Å²) in [6.45, 7) is 20.3. The second kappa shape index (κ2) is 21.5. The molecule has 3 rings (SSSR count). The van der Waals surface area contributed by atoms with Crippen LogP contribution < -0.4 is 20.7 Å². The van der Waals surface area contributed by atoms with Gasteiger partial charge in [0.05, 0.1) is 23.5 Å². The van der Waals surface area contributed by atoms with E-state index in [0.717, 1.165) is 11.1 Å². The summed E-state index contributed by atoms with van der Waals surface area (Å²) >= 11 is 0. The van der Waals surface area contributed by atoms with Crippen LogP contribution in [-0.4, -0.2) is 64.4 Å². The van der Waals surface area contributed by atoms with Gasteiger partial charge in [0.1, 0.15) is 12.6 Å². The van der Waals surface area contributed by atoms with Crippen molar-refractivity contribution in [2.24, 2.45) is 11.8 Å². The molecule has 3 amide bonds. The summed E-state index contributed by atoms with van der Waals surface area (Å²) in [7, 11) is -5.98. The van der Waals surface area contributed by atoms with Gasteiger partial charge in [0.15, 0.2) is 8.32 Å². The molecule has 3 aromatic rings. The van der Waals surface area contributed by atoms with E-state index in [2.05, 4.69) is 68.4 Å². The van der Waals surface area contributed by atoms with Crippen LogP contribution in [0.1, 0.15) is 106 Å². The maximum atomic E-state index is 13.8. The third-order valence-corrected chi connectivity index (χ3v) is 16.3. The highest BCUT2D eigenvalue weighted by atomic mass is 32.2. The number of carbonyl (C=O) groups excluding carboxylic acids is 4. The molecule has 318 valence electrons. The lowest BCUT2D eigenvalue weighted by Crippen LogP contribution is -2.53. The number of nitrogens with one attached hydrogen (secondary N) is 4. The number of ether oxygens (including phenoxy) is 1. The van der Waals surface area contributed by atoms with Crippen molar-refractivity contribution < 1.29 is 36.8 Å². The lowest BCUT2D eigenvalue weighted by molar-refractivity contribution is -0.131. The molecule has 0 radical (unpaired) electrons. The van der Waals surface area contributed by atoms with Gasteiger partial charge in [0, 0.05) is 23.7 Å². The third-order valence-electron chi connectivity index (χ3n) is 10.3. The molecular weight excluding hydrogens is 773 g/mol. The Kier molecular flexibility index (Phi) is 17.7. The van der Waals surface area contributed by atoms with E-state index in [0.29, 0.717) is 29.7 Å². The normalized spacial score (nSPS) is 14.1. The zero-order valence-corrected chi connectivity index (χ0v) is 37.6. The molecule has 12 nitrogen and oxygen atoms in total. The van der Waals surface area contributed by atoms with E-state index in [1.807, 2.05) is 30.3 Å². The van der Waals surface area contributed by atoms with Gasteiger partial charge in [-0.1, -0.05) is 97.0 Å². The zero-order chi connectivity index (χ0) is 43.3. The first kappa shape index (κ1) is 47.8. The van der Waals surface area contributed by atoms with Crippen molar-refractivity contribution in [2.45, 2.75) is 124 Å². The quantitative estimate of drug-likeness (QED) is 0.0629. The summed E-state index contributed by atoms with van der Waals surface area (Å²) in [5, 5.41) is 8.71. The van der Waals surface area contributed by atoms with Crippen LogP contribution in [0.5, 0.6) is 0 Å². The average molecular weight is 837 g/mol. The van der Waals surface area contributed by atoms with Crippen LogP contribution in [-0.2, 0) is 41.9 Å². The molecule has 0 aliphatic carbocycles. The number of hydrogen-bond acceptors (Lipinski definition) is 8. The molecule has 0 bridgehead atoms. The summed E-state index contributed by atoms with van der Waals surface area (Å²) in [5.74, 6) is -1.97. The van der Waals surface area contributed by atoms with E-state index >= 15 is 0 Å². The number of anilines is 1. The first-order valence-corrected chi connectivity index (χ1v) is 24.6. The highest BCUT2D eigenvalue weighted by Gasteiger charge is 2.42. The fourth-order valence-electron chi connectivity index (χ4n) is 5.92. The Morgan fingerprint density at radius 1 is 0.776 bits per heavy atom. The van der Waals surface area contributed by atoms with Crippen molar-refractivity contribution >= 4 is 47.7 Å². The van der Waals surface area contributed by atoms with Gasteiger partial charge >= 0.3 is 5.97 Å². The van der Waals surface area contributed by atoms with Crippen LogP contribution in [0.2, 0.25) is 18.1 Å². The number of carbonyl (C=O) groups is 4. The number of hydrogen-bond donors (Lipinski definition) is 4. The minimum atomic E-state index is -3.55. The van der Waals surface area contributed by atoms with Crippen molar-refractivity contribution in [3.05, 3.63) is 101 Å². The first-order valence-electron chi connectivity index (χ1n) is 20.1. The maximum Gasteiger partial charge on any atom is 0.338 e. The van der Waals surface area contributed by atoms with Gasteiger partial charge in [-0.3, -0.25) is 19.1 Å². The molecule has 0 saturated heterocycles. The Labute approximate surface area is 346 Å². The van der Waals surface area contributed by atoms with Crippen LogP contribution in [0.4, 0.5) is 5.69 Å². The predicted octanol–water partition coefficient (Wildman–Crippen LogP) is 7.58. The maximum absolute atomic E-state index is 13.8. The zero-order valence-electron chi connectivity index (χ0n) is 35.8. The Balaban J connectivity index is 1.68. The van der Waals surface area contributed by atoms with Gasteiger partial charge in [0.2, 0.25) is 21.8 Å². The average Bonchev–Trinajstić information content (AvgIpc) is 3.15. The molecule has 0 saturated carbocycles. The highest BCUT2D eigenvalue weighted by molar-refractivity contribution is 7.92. The van der Waals surface area contributed by atoms with Gasteiger partial charge in [0.25, 0.3) is 5.91 Å². The summed E-state index contributed by atoms with van der Waals surface area (Å²) in [6, 6.07) is 21.3. The molecule has 4 atom stereocenters. The van der Waals surface area contributed by atoms with Crippen LogP contribution in [0.15, 0.2) is 78.9 Å². The fourth-order valence-corrected chi connectivity index (χ4v) is 8.42. The van der Waals surface area contributed by atoms with E-state index in [1.54, 1.807) is 63.2 Å². The second-order valence-electron chi connectivity index (χ2n) is 17.0. The number of rotatable bonds is 21. The molecular formula is C44H64N4O8SSi. The summed E-state index contributed by atoms with van der Waals surface area (Å²) in [5.41, 5.74) is 2.65. The lowest BCUT2D eigenvalue weighted by atomic mass is 9.92. The summed E-state index contributed by atoms with van der Waals surface area (Å²) < 4.78 is 39.8. The topological polar surface area (TPSA) is 169 Å². The van der Waals surface area contributed by atoms with Gasteiger partial charge in [-0.15, -0.1) is 0 Å². The molecule has 3 aromatic carbocycles. The van der Waals surface area contributed by atoms with E-state index < -0.39 is 48.4 Å². The van der Waals surface area contributed by atoms with Crippen molar-refractivity contribution in [3.8, 4) is 0 Å². The van der Waals surface area contributed by atoms with E-state index in [9.17, 15) is 27.6 Å².